The van der Waals surface area contributed by atoms with Gasteiger partial charge in [0.2, 0.25) is 5.91 Å². The molecule has 1 saturated carbocycles. The molecule has 1 aromatic carbocycles. The molecule has 2 amide bonds. The number of likely N-dealkylation sites (tertiary alicyclic amines) is 1. The van der Waals surface area contributed by atoms with Crippen LogP contribution in [0.4, 0.5) is 0 Å². The second-order valence-electron chi connectivity index (χ2n) is 6.18. The lowest BCUT2D eigenvalue weighted by Gasteiger charge is -2.31. The van der Waals surface area contributed by atoms with Crippen LogP contribution in [-0.4, -0.2) is 42.5 Å². The molecular formula is C17H21BrN2O3. The van der Waals surface area contributed by atoms with E-state index >= 15 is 0 Å². The third-order valence-electron chi connectivity index (χ3n) is 4.32. The molecule has 0 aromatic heterocycles. The lowest BCUT2D eigenvalue weighted by molar-refractivity contribution is -0.137. The summed E-state index contributed by atoms with van der Waals surface area (Å²) < 4.78 is 6.49. The largest absolute Gasteiger partial charge is 0.484 e. The predicted molar refractivity (Wildman–Crippen MR) is 90.1 cm³/mol. The molecule has 3 rings (SSSR count). The molecule has 0 unspecified atom stereocenters. The number of hydrogen-bond acceptors (Lipinski definition) is 3. The number of benzene rings is 1. The summed E-state index contributed by atoms with van der Waals surface area (Å²) in [5.74, 6) is 0.868. The molecule has 6 heteroatoms. The molecule has 124 valence electrons. The number of carbonyl (C=O) groups excluding carboxylic acids is 2. The van der Waals surface area contributed by atoms with E-state index in [9.17, 15) is 9.59 Å². The number of halogens is 1. The number of amides is 2. The zero-order valence-electron chi connectivity index (χ0n) is 13.0. The highest BCUT2D eigenvalue weighted by molar-refractivity contribution is 9.10. The second kappa shape index (κ2) is 7.34. The summed E-state index contributed by atoms with van der Waals surface area (Å²) in [7, 11) is 0. The van der Waals surface area contributed by atoms with Crippen molar-refractivity contribution in [1.82, 2.24) is 10.2 Å². The van der Waals surface area contributed by atoms with Gasteiger partial charge in [0, 0.05) is 29.5 Å². The summed E-state index contributed by atoms with van der Waals surface area (Å²) >= 11 is 3.36. The van der Waals surface area contributed by atoms with Gasteiger partial charge in [0.05, 0.1) is 0 Å². The molecule has 2 fully saturated rings. The van der Waals surface area contributed by atoms with Gasteiger partial charge in [0.15, 0.2) is 6.61 Å². The Morgan fingerprint density at radius 3 is 2.39 bits per heavy atom. The van der Waals surface area contributed by atoms with Crippen molar-refractivity contribution in [3.63, 3.8) is 0 Å². The number of hydrogen-bond donors (Lipinski definition) is 1. The van der Waals surface area contributed by atoms with Gasteiger partial charge in [-0.1, -0.05) is 15.9 Å². The molecule has 0 bridgehead atoms. The van der Waals surface area contributed by atoms with Crippen molar-refractivity contribution in [3.05, 3.63) is 28.7 Å². The molecule has 0 spiro atoms. The number of carbonyl (C=O) groups is 2. The van der Waals surface area contributed by atoms with Crippen LogP contribution >= 0.6 is 15.9 Å². The van der Waals surface area contributed by atoms with E-state index in [0.29, 0.717) is 24.9 Å². The van der Waals surface area contributed by atoms with Crippen LogP contribution in [0.15, 0.2) is 28.7 Å². The zero-order valence-corrected chi connectivity index (χ0v) is 14.5. The Hall–Kier alpha value is -1.56. The standard InChI is InChI=1S/C17H21BrN2O3/c18-13-1-5-15(6-2-13)23-11-16(21)20-9-7-12(8-10-20)17(22)19-14-3-4-14/h1-2,5-6,12,14H,3-4,7-11H2,(H,19,22). The molecular weight excluding hydrogens is 360 g/mol. The molecule has 0 radical (unpaired) electrons. The summed E-state index contributed by atoms with van der Waals surface area (Å²) in [6.07, 6.45) is 3.69. The fourth-order valence-electron chi connectivity index (χ4n) is 2.70. The molecule has 5 nitrogen and oxygen atoms in total. The topological polar surface area (TPSA) is 58.6 Å². The Labute approximate surface area is 144 Å². The van der Waals surface area contributed by atoms with Gasteiger partial charge < -0.3 is 15.0 Å². The quantitative estimate of drug-likeness (QED) is 0.852. The molecule has 1 aromatic rings. The summed E-state index contributed by atoms with van der Waals surface area (Å²) in [6.45, 7) is 1.30. The minimum absolute atomic E-state index is 0.0195. The molecule has 2 aliphatic rings. The van der Waals surface area contributed by atoms with Gasteiger partial charge in [0.1, 0.15) is 5.75 Å². The Bertz CT molecular complexity index is 564. The highest BCUT2D eigenvalue weighted by Gasteiger charge is 2.31. The predicted octanol–water partition coefficient (Wildman–Crippen LogP) is 2.35. The smallest absolute Gasteiger partial charge is 0.260 e. The van der Waals surface area contributed by atoms with Crippen LogP contribution in [0.3, 0.4) is 0 Å². The first kappa shape index (κ1) is 16.3. The van der Waals surface area contributed by atoms with E-state index in [4.69, 9.17) is 4.74 Å². The van der Waals surface area contributed by atoms with Gasteiger partial charge >= 0.3 is 0 Å². The lowest BCUT2D eigenvalue weighted by Crippen LogP contribution is -2.44. The van der Waals surface area contributed by atoms with Crippen molar-refractivity contribution in [2.24, 2.45) is 5.92 Å². The van der Waals surface area contributed by atoms with Crippen LogP contribution in [0.2, 0.25) is 0 Å². The molecule has 1 N–H and O–H groups in total. The van der Waals surface area contributed by atoms with Gasteiger partial charge in [-0.25, -0.2) is 0 Å². The van der Waals surface area contributed by atoms with Crippen molar-refractivity contribution >= 4 is 27.7 Å². The summed E-state index contributed by atoms with van der Waals surface area (Å²) in [4.78, 5) is 26.0. The summed E-state index contributed by atoms with van der Waals surface area (Å²) in [6, 6.07) is 7.81. The van der Waals surface area contributed by atoms with Crippen molar-refractivity contribution in [2.75, 3.05) is 19.7 Å². The highest BCUT2D eigenvalue weighted by Crippen LogP contribution is 2.23. The summed E-state index contributed by atoms with van der Waals surface area (Å²) in [5, 5.41) is 3.05. The van der Waals surface area contributed by atoms with E-state index in [1.54, 1.807) is 4.90 Å². The van der Waals surface area contributed by atoms with Gasteiger partial charge in [-0.05, 0) is 49.9 Å². The third kappa shape index (κ3) is 4.70. The van der Waals surface area contributed by atoms with E-state index < -0.39 is 0 Å². The normalized spacial score (nSPS) is 18.6. The van der Waals surface area contributed by atoms with E-state index in [1.807, 2.05) is 24.3 Å². The second-order valence-corrected chi connectivity index (χ2v) is 7.10. The molecule has 1 heterocycles. The van der Waals surface area contributed by atoms with E-state index in [-0.39, 0.29) is 24.3 Å². The molecule has 1 aliphatic carbocycles. The highest BCUT2D eigenvalue weighted by atomic mass is 79.9. The molecule has 0 atom stereocenters. The first-order chi connectivity index (χ1) is 11.1. The minimum atomic E-state index is -0.0195. The monoisotopic (exact) mass is 380 g/mol. The SMILES string of the molecule is O=C(NC1CC1)C1CCN(C(=O)COc2ccc(Br)cc2)CC1. The van der Waals surface area contributed by atoms with Gasteiger partial charge in [-0.3, -0.25) is 9.59 Å². The van der Waals surface area contributed by atoms with Crippen LogP contribution < -0.4 is 10.1 Å². The Balaban J connectivity index is 1.40. The van der Waals surface area contributed by atoms with Gasteiger partial charge in [-0.15, -0.1) is 0 Å². The number of nitrogens with zero attached hydrogens (tertiary/aromatic N) is 1. The first-order valence-electron chi connectivity index (χ1n) is 8.08. The van der Waals surface area contributed by atoms with Gasteiger partial charge in [-0.2, -0.15) is 0 Å². The van der Waals surface area contributed by atoms with E-state index in [2.05, 4.69) is 21.2 Å². The Morgan fingerprint density at radius 1 is 1.13 bits per heavy atom. The molecule has 1 saturated heterocycles. The van der Waals surface area contributed by atoms with Crippen molar-refractivity contribution in [3.8, 4) is 5.75 Å². The maximum atomic E-state index is 12.2. The number of rotatable bonds is 5. The maximum Gasteiger partial charge on any atom is 0.260 e. The molecule has 23 heavy (non-hydrogen) atoms. The van der Waals surface area contributed by atoms with Crippen LogP contribution in [0.5, 0.6) is 5.75 Å². The van der Waals surface area contributed by atoms with Gasteiger partial charge in [0.25, 0.3) is 5.91 Å². The zero-order chi connectivity index (χ0) is 16.2. The number of piperidine rings is 1. The average molecular weight is 381 g/mol. The third-order valence-corrected chi connectivity index (χ3v) is 4.85. The van der Waals surface area contributed by atoms with E-state index in [0.717, 1.165) is 30.2 Å². The Kier molecular flexibility index (Phi) is 5.20. The van der Waals surface area contributed by atoms with E-state index in [1.165, 1.54) is 0 Å². The fraction of sp³-hybridized carbons (Fsp3) is 0.529. The van der Waals surface area contributed by atoms with Crippen LogP contribution in [-0.2, 0) is 9.59 Å². The van der Waals surface area contributed by atoms with Crippen LogP contribution in [0.1, 0.15) is 25.7 Å². The summed E-state index contributed by atoms with van der Waals surface area (Å²) in [5.41, 5.74) is 0. The Morgan fingerprint density at radius 2 is 1.78 bits per heavy atom. The lowest BCUT2D eigenvalue weighted by atomic mass is 9.96. The fourth-order valence-corrected chi connectivity index (χ4v) is 2.97. The first-order valence-corrected chi connectivity index (χ1v) is 8.87. The van der Waals surface area contributed by atoms with Crippen molar-refractivity contribution < 1.29 is 14.3 Å². The van der Waals surface area contributed by atoms with Crippen LogP contribution in [0, 0.1) is 5.92 Å². The van der Waals surface area contributed by atoms with Crippen molar-refractivity contribution in [1.29, 1.82) is 0 Å². The van der Waals surface area contributed by atoms with Crippen molar-refractivity contribution in [2.45, 2.75) is 31.7 Å². The molecule has 1 aliphatic heterocycles. The maximum absolute atomic E-state index is 12.2. The number of ether oxygens (including phenoxy) is 1. The van der Waals surface area contributed by atoms with Crippen LogP contribution in [0.25, 0.3) is 0 Å². The average Bonchev–Trinajstić information content (AvgIpc) is 3.38. The minimum Gasteiger partial charge on any atom is -0.484 e. The number of nitrogens with one attached hydrogen (secondary N) is 1.